The van der Waals surface area contributed by atoms with Crippen LogP contribution in [0, 0.1) is 12.8 Å². The third-order valence-electron chi connectivity index (χ3n) is 6.49. The highest BCUT2D eigenvalue weighted by atomic mass is 32.1. The van der Waals surface area contributed by atoms with Gasteiger partial charge in [0.15, 0.2) is 0 Å². The molecule has 5 rings (SSSR count). The van der Waals surface area contributed by atoms with E-state index in [1.807, 2.05) is 17.8 Å². The minimum atomic E-state index is -4.62. The smallest absolute Gasteiger partial charge is 0.345 e. The standard InChI is InChI=1S/C25H26F3N7OS/c1-14-8-29-23(37-14)19-6-17(7-21-20(19)13-35(33-21)12-16-4-5-34(3)11-16)22(36)32-15(2)18-9-30-24(31-10-18)25(26,27)28/h6-10,13,15-16H,4-5,11-12H2,1-3H3,(H,32,36). The summed E-state index contributed by atoms with van der Waals surface area (Å²) in [5, 5.41) is 9.32. The number of likely N-dealkylation sites (tertiary alicyclic amines) is 1. The number of aryl methyl sites for hydroxylation is 1. The lowest BCUT2D eigenvalue weighted by atomic mass is 10.0. The van der Waals surface area contributed by atoms with E-state index < -0.39 is 18.0 Å². The third-order valence-corrected chi connectivity index (χ3v) is 7.44. The number of aromatic nitrogens is 5. The molecule has 4 aromatic rings. The lowest BCUT2D eigenvalue weighted by Gasteiger charge is -2.15. The minimum absolute atomic E-state index is 0.365. The number of halogens is 3. The monoisotopic (exact) mass is 529 g/mol. The van der Waals surface area contributed by atoms with Crippen molar-refractivity contribution in [2.45, 2.75) is 39.0 Å². The Labute approximate surface area is 215 Å². The highest BCUT2D eigenvalue weighted by molar-refractivity contribution is 7.15. The molecule has 8 nitrogen and oxygen atoms in total. The van der Waals surface area contributed by atoms with E-state index in [0.717, 1.165) is 59.3 Å². The molecule has 12 heteroatoms. The Bertz CT molecular complexity index is 1430. The van der Waals surface area contributed by atoms with Crippen molar-refractivity contribution in [3.63, 3.8) is 0 Å². The molecule has 0 aliphatic carbocycles. The first-order chi connectivity index (χ1) is 17.6. The third kappa shape index (κ3) is 5.49. The zero-order valence-electron chi connectivity index (χ0n) is 20.6. The highest BCUT2D eigenvalue weighted by Gasteiger charge is 2.34. The number of carbonyl (C=O) groups is 1. The molecule has 1 aliphatic rings. The molecule has 4 heterocycles. The van der Waals surface area contributed by atoms with Crippen molar-refractivity contribution in [1.29, 1.82) is 0 Å². The second-order valence-electron chi connectivity index (χ2n) is 9.53. The Balaban J connectivity index is 1.43. The van der Waals surface area contributed by atoms with Crippen LogP contribution in [0.3, 0.4) is 0 Å². The molecule has 194 valence electrons. The van der Waals surface area contributed by atoms with Crippen LogP contribution in [0.2, 0.25) is 0 Å². The number of alkyl halides is 3. The maximum atomic E-state index is 13.2. The summed E-state index contributed by atoms with van der Waals surface area (Å²) in [4.78, 5) is 27.9. The van der Waals surface area contributed by atoms with Gasteiger partial charge in [-0.15, -0.1) is 11.3 Å². The van der Waals surface area contributed by atoms with E-state index in [1.165, 1.54) is 11.3 Å². The number of hydrogen-bond acceptors (Lipinski definition) is 7. The average Bonchev–Trinajstić information content (AvgIpc) is 3.57. The van der Waals surface area contributed by atoms with Crippen molar-refractivity contribution in [1.82, 2.24) is 34.9 Å². The maximum Gasteiger partial charge on any atom is 0.451 e. The zero-order valence-corrected chi connectivity index (χ0v) is 21.4. The SMILES string of the molecule is Cc1cnc(-c2cc(C(=O)NC(C)c3cnc(C(F)(F)F)nc3)cc3nn(CC4CCN(C)C4)cc23)s1. The van der Waals surface area contributed by atoms with E-state index in [0.29, 0.717) is 22.6 Å². The molecule has 1 fully saturated rings. The lowest BCUT2D eigenvalue weighted by Crippen LogP contribution is -2.27. The van der Waals surface area contributed by atoms with Gasteiger partial charge in [-0.05, 0) is 51.9 Å². The summed E-state index contributed by atoms with van der Waals surface area (Å²) < 4.78 is 40.3. The van der Waals surface area contributed by atoms with Crippen LogP contribution >= 0.6 is 11.3 Å². The Morgan fingerprint density at radius 1 is 1.22 bits per heavy atom. The van der Waals surface area contributed by atoms with Gasteiger partial charge >= 0.3 is 6.18 Å². The Morgan fingerprint density at radius 3 is 2.59 bits per heavy atom. The van der Waals surface area contributed by atoms with Gasteiger partial charge in [0, 0.05) is 64.8 Å². The minimum Gasteiger partial charge on any atom is -0.345 e. The van der Waals surface area contributed by atoms with E-state index >= 15 is 0 Å². The van der Waals surface area contributed by atoms with Crippen molar-refractivity contribution in [2.24, 2.45) is 5.92 Å². The fourth-order valence-corrected chi connectivity index (χ4v) is 5.36. The molecule has 1 amide bonds. The van der Waals surface area contributed by atoms with Crippen molar-refractivity contribution in [3.8, 4) is 10.6 Å². The number of carbonyl (C=O) groups excluding carboxylic acids is 1. The van der Waals surface area contributed by atoms with Crippen LogP contribution in [0.4, 0.5) is 13.2 Å². The summed E-state index contributed by atoms with van der Waals surface area (Å²) >= 11 is 1.54. The number of benzene rings is 1. The first kappa shape index (κ1) is 25.3. The number of thiazole rings is 1. The number of hydrogen-bond donors (Lipinski definition) is 1. The number of amides is 1. The largest absolute Gasteiger partial charge is 0.451 e. The van der Waals surface area contributed by atoms with Gasteiger partial charge in [-0.25, -0.2) is 15.0 Å². The molecule has 0 saturated carbocycles. The van der Waals surface area contributed by atoms with Crippen molar-refractivity contribution in [2.75, 3.05) is 20.1 Å². The van der Waals surface area contributed by atoms with Gasteiger partial charge in [0.2, 0.25) is 5.82 Å². The molecular weight excluding hydrogens is 503 g/mol. The fourth-order valence-electron chi connectivity index (χ4n) is 4.56. The molecule has 1 aromatic carbocycles. The summed E-state index contributed by atoms with van der Waals surface area (Å²) in [5.41, 5.74) is 2.26. The fraction of sp³-hybridized carbons (Fsp3) is 0.400. The Hall–Kier alpha value is -3.38. The molecule has 1 aliphatic heterocycles. The van der Waals surface area contributed by atoms with Gasteiger partial charge in [0.1, 0.15) is 5.01 Å². The molecule has 0 radical (unpaired) electrons. The first-order valence-corrected chi connectivity index (χ1v) is 12.7. The topological polar surface area (TPSA) is 88.8 Å². The van der Waals surface area contributed by atoms with E-state index in [-0.39, 0.29) is 5.91 Å². The quantitative estimate of drug-likeness (QED) is 0.389. The van der Waals surface area contributed by atoms with Crippen LogP contribution in [0.1, 0.15) is 46.0 Å². The number of nitrogens with zero attached hydrogens (tertiary/aromatic N) is 6. The molecule has 1 N–H and O–H groups in total. The van der Waals surface area contributed by atoms with Crippen LogP contribution in [-0.2, 0) is 12.7 Å². The van der Waals surface area contributed by atoms with Gasteiger partial charge in [-0.2, -0.15) is 18.3 Å². The number of rotatable bonds is 6. The highest BCUT2D eigenvalue weighted by Crippen LogP contribution is 2.33. The van der Waals surface area contributed by atoms with E-state index in [2.05, 4.69) is 32.2 Å². The second-order valence-corrected chi connectivity index (χ2v) is 10.8. The normalized spacial score (nSPS) is 17.4. The summed E-state index contributed by atoms with van der Waals surface area (Å²) in [6.07, 6.45) is 2.46. The number of nitrogens with one attached hydrogen (secondary N) is 1. The Morgan fingerprint density at radius 2 is 1.97 bits per heavy atom. The molecule has 37 heavy (non-hydrogen) atoms. The van der Waals surface area contributed by atoms with Crippen molar-refractivity contribution < 1.29 is 18.0 Å². The molecule has 0 bridgehead atoms. The predicted molar refractivity (Wildman–Crippen MR) is 134 cm³/mol. The summed E-state index contributed by atoms with van der Waals surface area (Å²) in [5.74, 6) is -1.08. The van der Waals surface area contributed by atoms with Crippen LogP contribution < -0.4 is 5.32 Å². The number of fused-ring (bicyclic) bond motifs is 1. The molecule has 2 atom stereocenters. The van der Waals surface area contributed by atoms with Gasteiger partial charge in [0.05, 0.1) is 11.6 Å². The van der Waals surface area contributed by atoms with Crippen molar-refractivity contribution >= 4 is 28.1 Å². The Kier molecular flexibility index (Phi) is 6.71. The molecule has 3 aromatic heterocycles. The van der Waals surface area contributed by atoms with Gasteiger partial charge in [-0.3, -0.25) is 9.48 Å². The van der Waals surface area contributed by atoms with E-state index in [1.54, 1.807) is 25.3 Å². The summed E-state index contributed by atoms with van der Waals surface area (Å²) in [7, 11) is 2.12. The second kappa shape index (κ2) is 9.82. The van der Waals surface area contributed by atoms with Crippen LogP contribution in [0.25, 0.3) is 21.5 Å². The summed E-state index contributed by atoms with van der Waals surface area (Å²) in [6.45, 7) is 6.53. The first-order valence-electron chi connectivity index (χ1n) is 11.9. The molecule has 1 saturated heterocycles. The zero-order chi connectivity index (χ0) is 26.3. The van der Waals surface area contributed by atoms with Crippen LogP contribution in [0.5, 0.6) is 0 Å². The van der Waals surface area contributed by atoms with Gasteiger partial charge < -0.3 is 10.2 Å². The lowest BCUT2D eigenvalue weighted by molar-refractivity contribution is -0.145. The summed E-state index contributed by atoms with van der Waals surface area (Å²) in [6, 6.07) is 2.93. The molecular formula is C25H26F3N7OS. The van der Waals surface area contributed by atoms with Crippen LogP contribution in [0.15, 0.2) is 36.9 Å². The average molecular weight is 530 g/mol. The van der Waals surface area contributed by atoms with E-state index in [4.69, 9.17) is 5.10 Å². The molecule has 0 spiro atoms. The maximum absolute atomic E-state index is 13.2. The van der Waals surface area contributed by atoms with Gasteiger partial charge in [-0.1, -0.05) is 0 Å². The van der Waals surface area contributed by atoms with Gasteiger partial charge in [0.25, 0.3) is 5.91 Å². The predicted octanol–water partition coefficient (Wildman–Crippen LogP) is 4.72. The molecule has 2 unspecified atom stereocenters. The van der Waals surface area contributed by atoms with Crippen LogP contribution in [-0.4, -0.2) is 55.7 Å². The van der Waals surface area contributed by atoms with E-state index in [9.17, 15) is 18.0 Å². The van der Waals surface area contributed by atoms with Crippen molar-refractivity contribution in [3.05, 3.63) is 58.7 Å².